The van der Waals surface area contributed by atoms with Crippen LogP contribution in [0.25, 0.3) is 0 Å². The van der Waals surface area contributed by atoms with E-state index in [2.05, 4.69) is 37.0 Å². The molecule has 0 spiro atoms. The number of anilines is 5. The first-order valence-electron chi connectivity index (χ1n) is 15.7. The molecule has 2 bridgehead atoms. The van der Waals surface area contributed by atoms with Gasteiger partial charge in [0.1, 0.15) is 29.5 Å². The van der Waals surface area contributed by atoms with Crippen molar-refractivity contribution in [3.8, 4) is 5.75 Å². The number of morpholine rings is 1. The second-order valence-corrected chi connectivity index (χ2v) is 12.5. The monoisotopic (exact) mass is 667 g/mol. The Morgan fingerprint density at radius 3 is 2.64 bits per heavy atom. The molecule has 0 radical (unpaired) electrons. The fourth-order valence-corrected chi connectivity index (χ4v) is 7.45. The van der Waals surface area contributed by atoms with Crippen LogP contribution in [-0.2, 0) is 14.4 Å². The number of benzene rings is 2. The number of halogens is 3. The Kier molecular flexibility index (Phi) is 8.88. The second kappa shape index (κ2) is 13.2. The van der Waals surface area contributed by atoms with Gasteiger partial charge < -0.3 is 25.0 Å². The van der Waals surface area contributed by atoms with Crippen LogP contribution in [0.2, 0.25) is 5.02 Å². The normalized spacial score (nSPS) is 22.9. The van der Waals surface area contributed by atoms with Crippen molar-refractivity contribution in [3.63, 3.8) is 0 Å². The zero-order chi connectivity index (χ0) is 32.7. The molecule has 1 aromatic heterocycles. The number of hydrogen-bond acceptors (Lipinski definition) is 10. The van der Waals surface area contributed by atoms with Gasteiger partial charge in [-0.15, -0.1) is 0 Å². The average molecular weight is 668 g/mol. The van der Waals surface area contributed by atoms with Crippen molar-refractivity contribution in [3.05, 3.63) is 71.5 Å². The molecular weight excluding hydrogens is 632 g/mol. The molecule has 11 nitrogen and oxygen atoms in total. The number of likely N-dealkylation sites (tertiary alicyclic amines) is 1. The SMILES string of the molecule is C=CC(=O)Nc1cc(Nc2cc(N3OCC[C@@H]3c3c(F)ccc(F)c3Cl)ncn2)c(OC)cc1N1CCC(N2C[C@H]3C[C@@H]2CO3)CC1. The molecule has 3 aromatic rings. The molecule has 248 valence electrons. The Balaban J connectivity index is 1.13. The van der Waals surface area contributed by atoms with Crippen LogP contribution in [0.4, 0.5) is 37.5 Å². The lowest BCUT2D eigenvalue weighted by Gasteiger charge is -2.41. The van der Waals surface area contributed by atoms with Gasteiger partial charge in [-0.05, 0) is 43.5 Å². The Bertz CT molecular complexity index is 1670. The summed E-state index contributed by atoms with van der Waals surface area (Å²) in [6.45, 7) is 7.37. The van der Waals surface area contributed by atoms with Crippen molar-refractivity contribution in [1.29, 1.82) is 0 Å². The van der Waals surface area contributed by atoms with E-state index in [1.165, 1.54) is 17.5 Å². The summed E-state index contributed by atoms with van der Waals surface area (Å²) in [4.78, 5) is 31.9. The lowest BCUT2D eigenvalue weighted by molar-refractivity contribution is -0.111. The molecule has 4 saturated heterocycles. The highest BCUT2D eigenvalue weighted by molar-refractivity contribution is 6.31. The van der Waals surface area contributed by atoms with Crippen LogP contribution >= 0.6 is 11.6 Å². The van der Waals surface area contributed by atoms with Crippen LogP contribution in [0.15, 0.2) is 49.3 Å². The Labute approximate surface area is 276 Å². The first-order chi connectivity index (χ1) is 22.8. The highest BCUT2D eigenvalue weighted by Crippen LogP contribution is 2.42. The van der Waals surface area contributed by atoms with E-state index in [0.29, 0.717) is 53.4 Å². The molecule has 4 aliphatic rings. The van der Waals surface area contributed by atoms with Gasteiger partial charge in [-0.25, -0.2) is 23.8 Å². The van der Waals surface area contributed by atoms with E-state index in [9.17, 15) is 13.6 Å². The summed E-state index contributed by atoms with van der Waals surface area (Å²) in [5.74, 6) is -0.447. The number of hydrogen-bond donors (Lipinski definition) is 2. The number of nitrogens with zero attached hydrogens (tertiary/aromatic N) is 5. The first-order valence-corrected chi connectivity index (χ1v) is 16.1. The molecule has 14 heteroatoms. The third-order valence-electron chi connectivity index (χ3n) is 9.44. The van der Waals surface area contributed by atoms with E-state index in [4.69, 9.17) is 25.9 Å². The second-order valence-electron chi connectivity index (χ2n) is 12.1. The van der Waals surface area contributed by atoms with Gasteiger partial charge in [-0.2, -0.15) is 0 Å². The minimum absolute atomic E-state index is 0.00265. The number of rotatable bonds is 9. The molecule has 0 unspecified atom stereocenters. The summed E-state index contributed by atoms with van der Waals surface area (Å²) >= 11 is 6.18. The Morgan fingerprint density at radius 1 is 1.11 bits per heavy atom. The maximum Gasteiger partial charge on any atom is 0.247 e. The molecule has 0 aliphatic carbocycles. The lowest BCUT2D eigenvalue weighted by Crippen LogP contribution is -2.49. The average Bonchev–Trinajstić information content (AvgIpc) is 3.86. The van der Waals surface area contributed by atoms with Gasteiger partial charge in [0.25, 0.3) is 0 Å². The fourth-order valence-electron chi connectivity index (χ4n) is 7.18. The minimum atomic E-state index is -0.715. The number of carbonyl (C=O) groups is 1. The Morgan fingerprint density at radius 2 is 1.91 bits per heavy atom. The third-order valence-corrected chi connectivity index (χ3v) is 9.82. The van der Waals surface area contributed by atoms with E-state index in [1.807, 2.05) is 6.07 Å². The molecule has 0 saturated carbocycles. The number of aromatic nitrogens is 2. The summed E-state index contributed by atoms with van der Waals surface area (Å²) in [5, 5.41) is 7.34. The zero-order valence-electron chi connectivity index (χ0n) is 25.9. The van der Waals surface area contributed by atoms with Crippen LogP contribution < -0.4 is 25.3 Å². The number of fused-ring (bicyclic) bond motifs is 2. The molecule has 2 aromatic carbocycles. The highest BCUT2D eigenvalue weighted by Gasteiger charge is 2.43. The minimum Gasteiger partial charge on any atom is -0.494 e. The number of methoxy groups -OCH3 is 1. The number of carbonyl (C=O) groups excluding carboxylic acids is 1. The van der Waals surface area contributed by atoms with E-state index in [0.717, 1.165) is 63.3 Å². The lowest BCUT2D eigenvalue weighted by atomic mass is 10.0. The van der Waals surface area contributed by atoms with Gasteiger partial charge in [0.15, 0.2) is 5.82 Å². The fraction of sp³-hybridized carbons (Fsp3) is 0.424. The maximum atomic E-state index is 14.8. The predicted molar refractivity (Wildman–Crippen MR) is 174 cm³/mol. The van der Waals surface area contributed by atoms with Gasteiger partial charge in [0, 0.05) is 55.8 Å². The van der Waals surface area contributed by atoms with Crippen molar-refractivity contribution in [1.82, 2.24) is 14.9 Å². The molecule has 1 amide bonds. The zero-order valence-corrected chi connectivity index (χ0v) is 26.7. The quantitative estimate of drug-likeness (QED) is 0.221. The van der Waals surface area contributed by atoms with E-state index < -0.39 is 17.7 Å². The van der Waals surface area contributed by atoms with Gasteiger partial charge in [-0.1, -0.05) is 18.2 Å². The van der Waals surface area contributed by atoms with Crippen LogP contribution in [0.1, 0.15) is 37.3 Å². The largest absolute Gasteiger partial charge is 0.494 e. The van der Waals surface area contributed by atoms with E-state index >= 15 is 0 Å². The highest BCUT2D eigenvalue weighted by atomic mass is 35.5. The van der Waals surface area contributed by atoms with Gasteiger partial charge in [-0.3, -0.25) is 14.5 Å². The number of hydroxylamine groups is 1. The van der Waals surface area contributed by atoms with E-state index in [-0.39, 0.29) is 23.1 Å². The van der Waals surface area contributed by atoms with Crippen LogP contribution in [0.5, 0.6) is 5.75 Å². The summed E-state index contributed by atoms with van der Waals surface area (Å²) < 4.78 is 40.7. The number of nitrogens with one attached hydrogen (secondary N) is 2. The van der Waals surface area contributed by atoms with Crippen LogP contribution in [0.3, 0.4) is 0 Å². The van der Waals surface area contributed by atoms with Crippen LogP contribution in [0, 0.1) is 11.6 Å². The maximum absolute atomic E-state index is 14.8. The van der Waals surface area contributed by atoms with Crippen molar-refractivity contribution in [2.75, 3.05) is 60.6 Å². The summed E-state index contributed by atoms with van der Waals surface area (Å²) in [7, 11) is 1.58. The number of ether oxygens (including phenoxy) is 2. The third kappa shape index (κ3) is 6.20. The van der Waals surface area contributed by atoms with Gasteiger partial charge in [0.2, 0.25) is 5.91 Å². The molecule has 4 fully saturated rings. The van der Waals surface area contributed by atoms with Crippen molar-refractivity contribution in [2.24, 2.45) is 0 Å². The molecule has 5 heterocycles. The van der Waals surface area contributed by atoms with Crippen molar-refractivity contribution < 1.29 is 27.9 Å². The van der Waals surface area contributed by atoms with Gasteiger partial charge >= 0.3 is 0 Å². The summed E-state index contributed by atoms with van der Waals surface area (Å²) in [5.41, 5.74) is 1.99. The molecule has 47 heavy (non-hydrogen) atoms. The summed E-state index contributed by atoms with van der Waals surface area (Å²) in [6.07, 6.45) is 6.46. The molecule has 3 atom stereocenters. The standard InChI is InChI=1S/C33H36ClF2N7O4/c1-3-31(44)40-24-13-25(28(45-2)14-27(24)41-9-6-19(7-10-41)42-16-21-12-20(42)17-46-21)39-29-15-30(38-18-37-29)43-26(8-11-47-43)32-22(35)4-5-23(36)33(32)34/h3-5,13-15,18-21,26H,1,6-12,16-17H2,2H3,(H,40,44)(H,37,38,39)/t20-,21-,26-/m1/s1. The molecule has 2 N–H and O–H groups in total. The van der Waals surface area contributed by atoms with Crippen molar-refractivity contribution in [2.45, 2.75) is 49.9 Å². The summed E-state index contributed by atoms with van der Waals surface area (Å²) in [6, 6.07) is 7.71. The number of amides is 1. The molecule has 7 rings (SSSR count). The van der Waals surface area contributed by atoms with E-state index in [1.54, 1.807) is 19.2 Å². The molecule has 4 aliphatic heterocycles. The predicted octanol–water partition coefficient (Wildman–Crippen LogP) is 5.61. The van der Waals surface area contributed by atoms with Crippen LogP contribution in [-0.4, -0.2) is 78.9 Å². The number of piperidine rings is 1. The first kappa shape index (κ1) is 31.6. The Hall–Kier alpha value is -4.04. The topological polar surface area (TPSA) is 104 Å². The van der Waals surface area contributed by atoms with Crippen molar-refractivity contribution >= 4 is 46.2 Å². The molecular formula is C33H36ClF2N7O4. The smallest absolute Gasteiger partial charge is 0.247 e. The van der Waals surface area contributed by atoms with Gasteiger partial charge in [0.05, 0.1) is 54.6 Å².